The molecule has 1 heterocycles. The van der Waals surface area contributed by atoms with Crippen LogP contribution in [0, 0.1) is 0 Å². The van der Waals surface area contributed by atoms with Crippen LogP contribution in [0.2, 0.25) is 10.0 Å². The molecule has 0 spiro atoms. The lowest BCUT2D eigenvalue weighted by Gasteiger charge is -2.12. The second kappa shape index (κ2) is 8.69. The summed E-state index contributed by atoms with van der Waals surface area (Å²) < 4.78 is 37.9. The molecule has 0 amide bonds. The van der Waals surface area contributed by atoms with Crippen molar-refractivity contribution in [3.63, 3.8) is 0 Å². The van der Waals surface area contributed by atoms with Crippen LogP contribution in [-0.2, 0) is 14.8 Å². The van der Waals surface area contributed by atoms with Crippen LogP contribution in [0.25, 0.3) is 0 Å². The van der Waals surface area contributed by atoms with Gasteiger partial charge in [0.15, 0.2) is 0 Å². The molecule has 0 bridgehead atoms. The molecule has 0 atom stereocenters. The maximum absolute atomic E-state index is 12.7. The number of esters is 1. The number of carbonyl (C=O) groups is 1. The standard InChI is InChI=1S/C19H14Cl2N2O5S/c1-27-19(24)14-10-12(20)6-8-16(14)23-29(25,26)13-7-9-18(22-11-13)28-17-5-3-2-4-15(17)21/h2-11,23H,1H3. The zero-order valence-corrected chi connectivity index (χ0v) is 17.3. The van der Waals surface area contributed by atoms with Crippen molar-refractivity contribution in [3.8, 4) is 11.6 Å². The Kier molecular flexibility index (Phi) is 6.26. The van der Waals surface area contributed by atoms with E-state index in [1.54, 1.807) is 24.3 Å². The molecule has 1 N–H and O–H groups in total. The molecule has 0 aliphatic carbocycles. The van der Waals surface area contributed by atoms with Crippen LogP contribution in [0.3, 0.4) is 0 Å². The molecule has 0 saturated heterocycles. The molecule has 10 heteroatoms. The van der Waals surface area contributed by atoms with E-state index in [9.17, 15) is 13.2 Å². The first-order valence-corrected chi connectivity index (χ1v) is 10.3. The van der Waals surface area contributed by atoms with Gasteiger partial charge in [0.25, 0.3) is 10.0 Å². The first-order valence-electron chi connectivity index (χ1n) is 8.09. The van der Waals surface area contributed by atoms with Crippen LogP contribution >= 0.6 is 23.2 Å². The number of nitrogens with one attached hydrogen (secondary N) is 1. The van der Waals surface area contributed by atoms with Gasteiger partial charge in [-0.3, -0.25) is 4.72 Å². The first kappa shape index (κ1) is 20.9. The first-order chi connectivity index (χ1) is 13.8. The number of carbonyl (C=O) groups excluding carboxylic acids is 1. The van der Waals surface area contributed by atoms with E-state index in [1.807, 2.05) is 0 Å². The molecule has 0 fully saturated rings. The van der Waals surface area contributed by atoms with Crippen LogP contribution in [0.1, 0.15) is 10.4 Å². The molecule has 0 aliphatic rings. The Morgan fingerprint density at radius 3 is 2.48 bits per heavy atom. The van der Waals surface area contributed by atoms with Gasteiger partial charge in [-0.25, -0.2) is 18.2 Å². The summed E-state index contributed by atoms with van der Waals surface area (Å²) in [7, 11) is -2.85. The third kappa shape index (κ3) is 4.97. The van der Waals surface area contributed by atoms with E-state index >= 15 is 0 Å². The van der Waals surface area contributed by atoms with Crippen molar-refractivity contribution < 1.29 is 22.7 Å². The largest absolute Gasteiger partial charge is 0.465 e. The molecule has 0 radical (unpaired) electrons. The van der Waals surface area contributed by atoms with Gasteiger partial charge in [-0.1, -0.05) is 35.3 Å². The topological polar surface area (TPSA) is 94.6 Å². The van der Waals surface area contributed by atoms with Crippen LogP contribution < -0.4 is 9.46 Å². The third-order valence-corrected chi connectivity index (χ3v) is 5.60. The van der Waals surface area contributed by atoms with Gasteiger partial charge in [0, 0.05) is 11.1 Å². The third-order valence-electron chi connectivity index (χ3n) is 3.70. The number of benzene rings is 2. The van der Waals surface area contributed by atoms with Crippen LogP contribution in [0.15, 0.2) is 65.7 Å². The number of methoxy groups -OCH3 is 1. The lowest BCUT2D eigenvalue weighted by atomic mass is 10.2. The zero-order valence-electron chi connectivity index (χ0n) is 14.9. The summed E-state index contributed by atoms with van der Waals surface area (Å²) in [4.78, 5) is 15.8. The van der Waals surface area contributed by atoms with Crippen molar-refractivity contribution in [2.45, 2.75) is 4.90 Å². The summed E-state index contributed by atoms with van der Waals surface area (Å²) in [5.74, 6) is -0.176. The van der Waals surface area contributed by atoms with E-state index in [0.717, 1.165) is 6.20 Å². The minimum atomic E-state index is -4.03. The molecule has 0 aliphatic heterocycles. The fourth-order valence-electron chi connectivity index (χ4n) is 2.31. The number of hydrogen-bond acceptors (Lipinski definition) is 6. The van der Waals surface area contributed by atoms with Gasteiger partial charge in [-0.15, -0.1) is 0 Å². The van der Waals surface area contributed by atoms with Crippen molar-refractivity contribution in [1.29, 1.82) is 0 Å². The maximum Gasteiger partial charge on any atom is 0.340 e. The summed E-state index contributed by atoms with van der Waals surface area (Å²) >= 11 is 11.9. The Morgan fingerprint density at radius 2 is 1.83 bits per heavy atom. The molecule has 2 aromatic carbocycles. The summed E-state index contributed by atoms with van der Waals surface area (Å²) in [6, 6.07) is 13.6. The number of halogens is 2. The Morgan fingerprint density at radius 1 is 1.07 bits per heavy atom. The predicted octanol–water partition coefficient (Wildman–Crippen LogP) is 4.77. The average molecular weight is 453 g/mol. The number of nitrogens with zero attached hydrogens (tertiary/aromatic N) is 1. The number of anilines is 1. The van der Waals surface area contributed by atoms with Gasteiger partial charge in [0.1, 0.15) is 10.6 Å². The molecule has 150 valence electrons. The number of ether oxygens (including phenoxy) is 2. The van der Waals surface area contributed by atoms with Crippen molar-refractivity contribution in [2.75, 3.05) is 11.8 Å². The second-order valence-electron chi connectivity index (χ2n) is 5.65. The van der Waals surface area contributed by atoms with E-state index in [2.05, 4.69) is 14.4 Å². The molecular formula is C19H14Cl2N2O5S. The monoisotopic (exact) mass is 452 g/mol. The molecule has 3 rings (SSSR count). The predicted molar refractivity (Wildman–Crippen MR) is 109 cm³/mol. The fraction of sp³-hybridized carbons (Fsp3) is 0.0526. The molecule has 7 nitrogen and oxygen atoms in total. The molecule has 0 saturated carbocycles. The highest BCUT2D eigenvalue weighted by Gasteiger charge is 2.20. The Balaban J connectivity index is 1.84. The minimum Gasteiger partial charge on any atom is -0.465 e. The van der Waals surface area contributed by atoms with Gasteiger partial charge in [-0.2, -0.15) is 0 Å². The van der Waals surface area contributed by atoms with Gasteiger partial charge in [0.2, 0.25) is 5.88 Å². The normalized spacial score (nSPS) is 11.0. The van der Waals surface area contributed by atoms with Gasteiger partial charge in [-0.05, 0) is 36.4 Å². The summed E-state index contributed by atoms with van der Waals surface area (Å²) in [5, 5.41) is 0.654. The highest BCUT2D eigenvalue weighted by molar-refractivity contribution is 7.92. The van der Waals surface area contributed by atoms with E-state index in [0.29, 0.717) is 10.8 Å². The Labute approximate surface area is 177 Å². The second-order valence-corrected chi connectivity index (χ2v) is 8.18. The minimum absolute atomic E-state index is 0.0183. The quantitative estimate of drug-likeness (QED) is 0.541. The molecule has 29 heavy (non-hydrogen) atoms. The highest BCUT2D eigenvalue weighted by atomic mass is 35.5. The lowest BCUT2D eigenvalue weighted by molar-refractivity contribution is 0.0602. The highest BCUT2D eigenvalue weighted by Crippen LogP contribution is 2.29. The molecular weight excluding hydrogens is 439 g/mol. The maximum atomic E-state index is 12.7. The van der Waals surface area contributed by atoms with Crippen LogP contribution in [-0.4, -0.2) is 26.5 Å². The average Bonchev–Trinajstić information content (AvgIpc) is 2.71. The van der Waals surface area contributed by atoms with Crippen molar-refractivity contribution in [1.82, 2.24) is 4.98 Å². The molecule has 1 aromatic heterocycles. The van der Waals surface area contributed by atoms with Gasteiger partial charge < -0.3 is 9.47 Å². The van der Waals surface area contributed by atoms with E-state index < -0.39 is 16.0 Å². The van der Waals surface area contributed by atoms with E-state index in [1.165, 1.54) is 37.4 Å². The SMILES string of the molecule is COC(=O)c1cc(Cl)ccc1NS(=O)(=O)c1ccc(Oc2ccccc2Cl)nc1. The van der Waals surface area contributed by atoms with E-state index in [4.69, 9.17) is 27.9 Å². The Hall–Kier alpha value is -2.81. The number of hydrogen-bond donors (Lipinski definition) is 1. The summed E-state index contributed by atoms with van der Waals surface area (Å²) in [5.41, 5.74) is 0.00727. The molecule has 0 unspecified atom stereocenters. The van der Waals surface area contributed by atoms with Crippen LogP contribution in [0.5, 0.6) is 11.6 Å². The lowest BCUT2D eigenvalue weighted by Crippen LogP contribution is -2.16. The zero-order chi connectivity index (χ0) is 21.0. The van der Waals surface area contributed by atoms with E-state index in [-0.39, 0.29) is 27.0 Å². The van der Waals surface area contributed by atoms with Crippen molar-refractivity contribution in [2.24, 2.45) is 0 Å². The fourth-order valence-corrected chi connectivity index (χ4v) is 3.68. The Bertz CT molecular complexity index is 1150. The number of rotatable bonds is 6. The van der Waals surface area contributed by atoms with Crippen LogP contribution in [0.4, 0.5) is 5.69 Å². The molecule has 3 aromatic rings. The number of para-hydroxylation sites is 1. The van der Waals surface area contributed by atoms with Gasteiger partial charge in [0.05, 0.1) is 29.6 Å². The number of sulfonamides is 1. The van der Waals surface area contributed by atoms with Crippen molar-refractivity contribution >= 4 is 44.9 Å². The number of aromatic nitrogens is 1. The number of pyridine rings is 1. The summed E-state index contributed by atoms with van der Waals surface area (Å²) in [6.07, 6.45) is 1.13. The van der Waals surface area contributed by atoms with Gasteiger partial charge >= 0.3 is 5.97 Å². The van der Waals surface area contributed by atoms with Crippen molar-refractivity contribution in [3.05, 3.63) is 76.4 Å². The summed E-state index contributed by atoms with van der Waals surface area (Å²) in [6.45, 7) is 0. The smallest absolute Gasteiger partial charge is 0.340 e.